The lowest BCUT2D eigenvalue weighted by molar-refractivity contribution is 0.234. The monoisotopic (exact) mass is 285 g/mol. The van der Waals surface area contributed by atoms with Gasteiger partial charge >= 0.3 is 0 Å². The number of nitrogens with one attached hydrogen (secondary N) is 1. The highest BCUT2D eigenvalue weighted by Gasteiger charge is 2.05. The Bertz CT molecular complexity index is 578. The third-order valence-electron chi connectivity index (χ3n) is 3.50. The van der Waals surface area contributed by atoms with Crippen molar-refractivity contribution in [3.63, 3.8) is 0 Å². The van der Waals surface area contributed by atoms with Gasteiger partial charge in [-0.25, -0.2) is 0 Å². The number of hydrogen-bond acceptors (Lipinski definition) is 3. The van der Waals surface area contributed by atoms with E-state index in [0.717, 1.165) is 23.7 Å². The van der Waals surface area contributed by atoms with Crippen LogP contribution in [0.15, 0.2) is 42.5 Å². The minimum absolute atomic E-state index is 0.0833. The Kier molecular flexibility index (Phi) is 5.09. The molecule has 0 bridgehead atoms. The van der Waals surface area contributed by atoms with Crippen LogP contribution in [0.25, 0.3) is 0 Å². The third kappa shape index (κ3) is 4.42. The highest BCUT2D eigenvalue weighted by molar-refractivity contribution is 5.48. The lowest BCUT2D eigenvalue weighted by Crippen LogP contribution is -2.22. The minimum Gasteiger partial charge on any atom is -0.497 e. The predicted octanol–water partition coefficient (Wildman–Crippen LogP) is 4.19. The summed E-state index contributed by atoms with van der Waals surface area (Å²) >= 11 is 0. The highest BCUT2D eigenvalue weighted by Crippen LogP contribution is 2.19. The maximum absolute atomic E-state index is 5.87. The van der Waals surface area contributed by atoms with Gasteiger partial charge in [-0.05, 0) is 68.3 Å². The van der Waals surface area contributed by atoms with Crippen molar-refractivity contribution in [2.24, 2.45) is 0 Å². The zero-order valence-electron chi connectivity index (χ0n) is 13.1. The molecular formula is C18H23NO2. The Morgan fingerprint density at radius 1 is 0.952 bits per heavy atom. The lowest BCUT2D eigenvalue weighted by Gasteiger charge is -2.17. The summed E-state index contributed by atoms with van der Waals surface area (Å²) in [5.74, 6) is 1.69. The van der Waals surface area contributed by atoms with Crippen LogP contribution in [-0.4, -0.2) is 19.8 Å². The van der Waals surface area contributed by atoms with E-state index >= 15 is 0 Å². The standard InChI is InChI=1S/C18H23NO2/c1-13-5-6-16(11-14(13)2)19-12-15(3)21-18-9-7-17(20-4)8-10-18/h5-11,15,19H,12H2,1-4H3. The molecule has 0 aliphatic heterocycles. The Hall–Kier alpha value is -2.16. The average molecular weight is 285 g/mol. The summed E-state index contributed by atoms with van der Waals surface area (Å²) in [6.45, 7) is 7.05. The van der Waals surface area contributed by atoms with Crippen molar-refractivity contribution in [1.82, 2.24) is 0 Å². The zero-order valence-corrected chi connectivity index (χ0v) is 13.1. The van der Waals surface area contributed by atoms with Gasteiger partial charge < -0.3 is 14.8 Å². The van der Waals surface area contributed by atoms with Crippen LogP contribution in [-0.2, 0) is 0 Å². The van der Waals surface area contributed by atoms with Crippen LogP contribution < -0.4 is 14.8 Å². The van der Waals surface area contributed by atoms with Crippen molar-refractivity contribution >= 4 is 5.69 Å². The van der Waals surface area contributed by atoms with Gasteiger partial charge in [0.1, 0.15) is 17.6 Å². The fraction of sp³-hybridized carbons (Fsp3) is 0.333. The van der Waals surface area contributed by atoms with Crippen molar-refractivity contribution in [2.45, 2.75) is 26.9 Å². The van der Waals surface area contributed by atoms with Crippen LogP contribution in [0.1, 0.15) is 18.1 Å². The van der Waals surface area contributed by atoms with Gasteiger partial charge in [0.05, 0.1) is 13.7 Å². The van der Waals surface area contributed by atoms with Crippen molar-refractivity contribution in [3.05, 3.63) is 53.6 Å². The van der Waals surface area contributed by atoms with E-state index in [4.69, 9.17) is 9.47 Å². The molecule has 21 heavy (non-hydrogen) atoms. The molecular weight excluding hydrogens is 262 g/mol. The van der Waals surface area contributed by atoms with E-state index in [-0.39, 0.29) is 6.10 Å². The molecule has 3 heteroatoms. The second kappa shape index (κ2) is 7.02. The van der Waals surface area contributed by atoms with Crippen LogP contribution in [0.3, 0.4) is 0 Å². The summed E-state index contributed by atoms with van der Waals surface area (Å²) in [6, 6.07) is 14.0. The molecule has 0 radical (unpaired) electrons. The molecule has 2 rings (SSSR count). The first-order chi connectivity index (χ1) is 10.1. The Labute approximate surface area is 126 Å². The average Bonchev–Trinajstić information content (AvgIpc) is 2.49. The van der Waals surface area contributed by atoms with Crippen LogP contribution in [0.2, 0.25) is 0 Å². The third-order valence-corrected chi connectivity index (χ3v) is 3.50. The lowest BCUT2D eigenvalue weighted by atomic mass is 10.1. The number of aryl methyl sites for hydroxylation is 2. The second-order valence-corrected chi connectivity index (χ2v) is 5.28. The van der Waals surface area contributed by atoms with Gasteiger partial charge in [-0.1, -0.05) is 6.07 Å². The van der Waals surface area contributed by atoms with E-state index in [1.54, 1.807) is 7.11 Å². The molecule has 0 saturated heterocycles. The summed E-state index contributed by atoms with van der Waals surface area (Å²) < 4.78 is 11.0. The molecule has 112 valence electrons. The first-order valence-corrected chi connectivity index (χ1v) is 7.20. The SMILES string of the molecule is COc1ccc(OC(C)CNc2ccc(C)c(C)c2)cc1. The molecule has 2 aromatic carbocycles. The Balaban J connectivity index is 1.86. The topological polar surface area (TPSA) is 30.5 Å². The molecule has 0 aliphatic rings. The summed E-state index contributed by atoms with van der Waals surface area (Å²) in [4.78, 5) is 0. The molecule has 0 aromatic heterocycles. The smallest absolute Gasteiger partial charge is 0.120 e. The number of methoxy groups -OCH3 is 1. The first kappa shape index (κ1) is 15.2. The van der Waals surface area contributed by atoms with Gasteiger partial charge in [-0.2, -0.15) is 0 Å². The van der Waals surface area contributed by atoms with Crippen molar-refractivity contribution in [3.8, 4) is 11.5 Å². The summed E-state index contributed by atoms with van der Waals surface area (Å²) in [6.07, 6.45) is 0.0833. The number of anilines is 1. The van der Waals surface area contributed by atoms with E-state index in [2.05, 4.69) is 44.3 Å². The molecule has 0 aliphatic carbocycles. The molecule has 3 nitrogen and oxygen atoms in total. The molecule has 0 heterocycles. The van der Waals surface area contributed by atoms with Crippen LogP contribution in [0, 0.1) is 13.8 Å². The highest BCUT2D eigenvalue weighted by atomic mass is 16.5. The first-order valence-electron chi connectivity index (χ1n) is 7.20. The second-order valence-electron chi connectivity index (χ2n) is 5.28. The van der Waals surface area contributed by atoms with Gasteiger partial charge in [0, 0.05) is 5.69 Å². The number of rotatable bonds is 6. The molecule has 0 saturated carbocycles. The van der Waals surface area contributed by atoms with Gasteiger partial charge in [0.2, 0.25) is 0 Å². The van der Waals surface area contributed by atoms with Gasteiger partial charge in [-0.15, -0.1) is 0 Å². The zero-order chi connectivity index (χ0) is 15.2. The minimum atomic E-state index is 0.0833. The summed E-state index contributed by atoms with van der Waals surface area (Å²) in [7, 11) is 1.66. The molecule has 0 fully saturated rings. The molecule has 2 aromatic rings. The number of hydrogen-bond donors (Lipinski definition) is 1. The van der Waals surface area contributed by atoms with Crippen molar-refractivity contribution < 1.29 is 9.47 Å². The normalized spacial score (nSPS) is 11.8. The fourth-order valence-electron chi connectivity index (χ4n) is 2.04. The number of ether oxygens (including phenoxy) is 2. The molecule has 0 amide bonds. The van der Waals surface area contributed by atoms with Gasteiger partial charge in [0.25, 0.3) is 0 Å². The summed E-state index contributed by atoms with van der Waals surface area (Å²) in [5, 5.41) is 3.41. The van der Waals surface area contributed by atoms with Gasteiger partial charge in [-0.3, -0.25) is 0 Å². The van der Waals surface area contributed by atoms with Crippen LogP contribution in [0.4, 0.5) is 5.69 Å². The van der Waals surface area contributed by atoms with E-state index < -0.39 is 0 Å². The number of benzene rings is 2. The fourth-order valence-corrected chi connectivity index (χ4v) is 2.04. The molecule has 1 atom stereocenters. The summed E-state index contributed by atoms with van der Waals surface area (Å²) in [5.41, 5.74) is 3.73. The van der Waals surface area contributed by atoms with Crippen molar-refractivity contribution in [1.29, 1.82) is 0 Å². The van der Waals surface area contributed by atoms with E-state index in [9.17, 15) is 0 Å². The Morgan fingerprint density at radius 2 is 1.62 bits per heavy atom. The predicted molar refractivity (Wildman–Crippen MR) is 87.5 cm³/mol. The van der Waals surface area contributed by atoms with Crippen LogP contribution in [0.5, 0.6) is 11.5 Å². The molecule has 0 spiro atoms. The molecule has 1 N–H and O–H groups in total. The maximum Gasteiger partial charge on any atom is 0.120 e. The largest absolute Gasteiger partial charge is 0.497 e. The Morgan fingerprint density at radius 3 is 2.24 bits per heavy atom. The van der Waals surface area contributed by atoms with E-state index in [0.29, 0.717) is 0 Å². The van der Waals surface area contributed by atoms with Crippen molar-refractivity contribution in [2.75, 3.05) is 19.0 Å². The van der Waals surface area contributed by atoms with Gasteiger partial charge in [0.15, 0.2) is 0 Å². The quantitative estimate of drug-likeness (QED) is 0.863. The van der Waals surface area contributed by atoms with E-state index in [1.165, 1.54) is 11.1 Å². The maximum atomic E-state index is 5.87. The van der Waals surface area contributed by atoms with Crippen LogP contribution >= 0.6 is 0 Å². The van der Waals surface area contributed by atoms with E-state index in [1.807, 2.05) is 24.3 Å². The molecule has 1 unspecified atom stereocenters.